The van der Waals surface area contributed by atoms with Crippen LogP contribution in [0.1, 0.15) is 36.1 Å². The van der Waals surface area contributed by atoms with Crippen LogP contribution in [-0.2, 0) is 11.2 Å². The van der Waals surface area contributed by atoms with E-state index in [-0.39, 0.29) is 17.8 Å². The van der Waals surface area contributed by atoms with Crippen molar-refractivity contribution in [3.8, 4) is 5.69 Å². The van der Waals surface area contributed by atoms with Gasteiger partial charge in [0.25, 0.3) is 0 Å². The summed E-state index contributed by atoms with van der Waals surface area (Å²) >= 11 is 0. The molecule has 0 aliphatic carbocycles. The summed E-state index contributed by atoms with van der Waals surface area (Å²) in [5.74, 6) is 0.472. The molecule has 1 unspecified atom stereocenters. The number of carbonyl (C=O) groups excluding carboxylic acids is 1. The quantitative estimate of drug-likeness (QED) is 0.618. The molecule has 0 fully saturated rings. The summed E-state index contributed by atoms with van der Waals surface area (Å²) in [7, 11) is 0. The number of furan rings is 1. The number of rotatable bonds is 7. The lowest BCUT2D eigenvalue weighted by molar-refractivity contribution is -0.117. The molecule has 0 aliphatic heterocycles. The fraction of sp³-hybridized carbons (Fsp3) is 0.273. The van der Waals surface area contributed by atoms with Crippen molar-refractivity contribution in [1.29, 1.82) is 0 Å². The van der Waals surface area contributed by atoms with Crippen LogP contribution in [0.2, 0.25) is 0 Å². The van der Waals surface area contributed by atoms with Crippen LogP contribution in [0.4, 0.5) is 4.39 Å². The van der Waals surface area contributed by atoms with Gasteiger partial charge in [0.05, 0.1) is 17.6 Å². The molecule has 146 valence electrons. The molecule has 3 rings (SSSR count). The van der Waals surface area contributed by atoms with E-state index in [1.165, 1.54) is 18.2 Å². The van der Waals surface area contributed by atoms with Gasteiger partial charge >= 0.3 is 0 Å². The second kappa shape index (κ2) is 8.69. The number of carbonyl (C=O) groups is 1. The maximum atomic E-state index is 13.1. The van der Waals surface area contributed by atoms with Crippen LogP contribution >= 0.6 is 0 Å². The minimum atomic E-state index is -0.289. The summed E-state index contributed by atoms with van der Waals surface area (Å²) in [5, 5.41) is 7.47. The van der Waals surface area contributed by atoms with Gasteiger partial charge in [0.2, 0.25) is 5.91 Å². The van der Waals surface area contributed by atoms with Crippen molar-refractivity contribution >= 4 is 12.0 Å². The number of nitrogens with zero attached hydrogens (tertiary/aromatic N) is 2. The van der Waals surface area contributed by atoms with Gasteiger partial charge in [0.1, 0.15) is 11.6 Å². The predicted octanol–water partition coefficient (Wildman–Crippen LogP) is 4.37. The smallest absolute Gasteiger partial charge is 0.244 e. The van der Waals surface area contributed by atoms with Crippen LogP contribution in [0, 0.1) is 19.7 Å². The molecule has 1 aromatic carbocycles. The lowest BCUT2D eigenvalue weighted by Gasteiger charge is -2.11. The molecule has 2 heterocycles. The molecule has 1 N–H and O–H groups in total. The molecule has 1 atom stereocenters. The summed E-state index contributed by atoms with van der Waals surface area (Å²) in [6.07, 6.45) is 6.52. The van der Waals surface area contributed by atoms with Crippen molar-refractivity contribution in [2.24, 2.45) is 0 Å². The Morgan fingerprint density at radius 3 is 2.71 bits per heavy atom. The van der Waals surface area contributed by atoms with Gasteiger partial charge in [-0.1, -0.05) is 0 Å². The SMILES string of the molecule is Cc1nn(-c2ccc(F)cc2)c(C)c1/C=C/C(=O)NC(C)CCc1ccco1. The topological polar surface area (TPSA) is 60.1 Å². The van der Waals surface area contributed by atoms with Gasteiger partial charge in [0.15, 0.2) is 0 Å². The van der Waals surface area contributed by atoms with E-state index < -0.39 is 0 Å². The molecule has 0 saturated carbocycles. The molecule has 5 nitrogen and oxygen atoms in total. The van der Waals surface area contributed by atoms with Crippen molar-refractivity contribution in [2.75, 3.05) is 0 Å². The van der Waals surface area contributed by atoms with E-state index >= 15 is 0 Å². The maximum absolute atomic E-state index is 13.1. The third kappa shape index (κ3) is 4.76. The Balaban J connectivity index is 1.63. The van der Waals surface area contributed by atoms with Gasteiger partial charge in [0, 0.05) is 29.8 Å². The summed E-state index contributed by atoms with van der Waals surface area (Å²) < 4.78 is 20.2. The van der Waals surface area contributed by atoms with Gasteiger partial charge in [-0.15, -0.1) is 0 Å². The highest BCUT2D eigenvalue weighted by Gasteiger charge is 2.12. The number of hydrogen-bond acceptors (Lipinski definition) is 3. The first-order chi connectivity index (χ1) is 13.4. The summed E-state index contributed by atoms with van der Waals surface area (Å²) in [6, 6.07) is 9.98. The van der Waals surface area contributed by atoms with Crippen molar-refractivity contribution in [2.45, 2.75) is 39.7 Å². The molecule has 3 aromatic rings. The van der Waals surface area contributed by atoms with Gasteiger partial charge in [-0.25, -0.2) is 9.07 Å². The normalized spacial score (nSPS) is 12.4. The van der Waals surface area contributed by atoms with E-state index in [0.717, 1.165) is 41.2 Å². The Hall–Kier alpha value is -3.15. The van der Waals surface area contributed by atoms with E-state index in [1.807, 2.05) is 32.9 Å². The third-order valence-corrected chi connectivity index (χ3v) is 4.61. The number of amides is 1. The third-order valence-electron chi connectivity index (χ3n) is 4.61. The largest absolute Gasteiger partial charge is 0.469 e. The number of nitrogens with one attached hydrogen (secondary N) is 1. The minimum absolute atomic E-state index is 0.0337. The highest BCUT2D eigenvalue weighted by Crippen LogP contribution is 2.19. The van der Waals surface area contributed by atoms with E-state index in [1.54, 1.807) is 29.2 Å². The molecular formula is C22H24FN3O2. The molecule has 2 aromatic heterocycles. The van der Waals surface area contributed by atoms with Gasteiger partial charge in [-0.05, 0) is 69.7 Å². The monoisotopic (exact) mass is 381 g/mol. The number of aromatic nitrogens is 2. The van der Waals surface area contributed by atoms with Crippen LogP contribution in [-0.4, -0.2) is 21.7 Å². The standard InChI is InChI=1S/C22H24FN3O2/c1-15(6-11-20-5-4-14-28-20)24-22(27)13-12-21-16(2)25-26(17(21)3)19-9-7-18(23)8-10-19/h4-5,7-10,12-15H,6,11H2,1-3H3,(H,24,27)/b13-12+. The first-order valence-electron chi connectivity index (χ1n) is 9.27. The summed E-state index contributed by atoms with van der Waals surface area (Å²) in [5.41, 5.74) is 3.34. The van der Waals surface area contributed by atoms with E-state index in [2.05, 4.69) is 10.4 Å². The van der Waals surface area contributed by atoms with Crippen LogP contribution in [0.5, 0.6) is 0 Å². The first-order valence-corrected chi connectivity index (χ1v) is 9.27. The molecule has 0 radical (unpaired) electrons. The van der Waals surface area contributed by atoms with Crippen molar-refractivity contribution < 1.29 is 13.6 Å². The highest BCUT2D eigenvalue weighted by atomic mass is 19.1. The molecule has 1 amide bonds. The number of halogens is 1. The second-order valence-electron chi connectivity index (χ2n) is 6.83. The lowest BCUT2D eigenvalue weighted by atomic mass is 10.1. The number of hydrogen-bond donors (Lipinski definition) is 1. The molecule has 0 aliphatic rings. The van der Waals surface area contributed by atoms with Crippen molar-refractivity contribution in [1.82, 2.24) is 15.1 Å². The van der Waals surface area contributed by atoms with Gasteiger partial charge < -0.3 is 9.73 Å². The molecule has 0 bridgehead atoms. The molecule has 0 spiro atoms. The van der Waals surface area contributed by atoms with Crippen molar-refractivity contribution in [3.63, 3.8) is 0 Å². The Morgan fingerprint density at radius 2 is 2.04 bits per heavy atom. The van der Waals surface area contributed by atoms with E-state index in [4.69, 9.17) is 4.42 Å². The predicted molar refractivity (Wildman–Crippen MR) is 107 cm³/mol. The maximum Gasteiger partial charge on any atom is 0.244 e. The molecule has 6 heteroatoms. The van der Waals surface area contributed by atoms with E-state index in [0.29, 0.717) is 0 Å². The van der Waals surface area contributed by atoms with Gasteiger partial charge in [-0.2, -0.15) is 5.10 Å². The number of aryl methyl sites for hydroxylation is 2. The second-order valence-corrected chi connectivity index (χ2v) is 6.83. The molecule has 0 saturated heterocycles. The van der Waals surface area contributed by atoms with Crippen molar-refractivity contribution in [3.05, 3.63) is 77.3 Å². The van der Waals surface area contributed by atoms with Crippen LogP contribution in [0.3, 0.4) is 0 Å². The average Bonchev–Trinajstić information content (AvgIpc) is 3.27. The Kier molecular flexibility index (Phi) is 6.09. The first kappa shape index (κ1) is 19.6. The van der Waals surface area contributed by atoms with Crippen LogP contribution < -0.4 is 5.32 Å². The minimum Gasteiger partial charge on any atom is -0.469 e. The van der Waals surface area contributed by atoms with E-state index in [9.17, 15) is 9.18 Å². The Bertz CT molecular complexity index is 957. The zero-order valence-corrected chi connectivity index (χ0v) is 16.3. The molecular weight excluding hydrogens is 357 g/mol. The summed E-state index contributed by atoms with van der Waals surface area (Å²) in [6.45, 7) is 5.78. The average molecular weight is 381 g/mol. The zero-order valence-electron chi connectivity index (χ0n) is 16.3. The fourth-order valence-electron chi connectivity index (χ4n) is 3.07. The number of benzene rings is 1. The molecule has 28 heavy (non-hydrogen) atoms. The van der Waals surface area contributed by atoms with Gasteiger partial charge in [-0.3, -0.25) is 4.79 Å². The Labute approximate surface area is 163 Å². The van der Waals surface area contributed by atoms with Crippen LogP contribution in [0.25, 0.3) is 11.8 Å². The Morgan fingerprint density at radius 1 is 1.29 bits per heavy atom. The lowest BCUT2D eigenvalue weighted by Crippen LogP contribution is -2.31. The fourth-order valence-corrected chi connectivity index (χ4v) is 3.07. The summed E-state index contributed by atoms with van der Waals surface area (Å²) in [4.78, 5) is 12.2. The van der Waals surface area contributed by atoms with Crippen LogP contribution in [0.15, 0.2) is 53.2 Å². The highest BCUT2D eigenvalue weighted by molar-refractivity contribution is 5.92. The zero-order chi connectivity index (χ0) is 20.1.